The van der Waals surface area contributed by atoms with Gasteiger partial charge < -0.3 is 20.3 Å². The van der Waals surface area contributed by atoms with Gasteiger partial charge in [-0.3, -0.25) is 9.69 Å². The first-order valence-electron chi connectivity index (χ1n) is 11.6. The van der Waals surface area contributed by atoms with Gasteiger partial charge in [0.15, 0.2) is 0 Å². The van der Waals surface area contributed by atoms with Crippen LogP contribution in [-0.2, 0) is 24.1 Å². The summed E-state index contributed by atoms with van der Waals surface area (Å²) in [7, 11) is 0. The van der Waals surface area contributed by atoms with Crippen molar-refractivity contribution in [3.05, 3.63) is 54.0 Å². The first kappa shape index (κ1) is 24.9. The lowest BCUT2D eigenvalue weighted by Gasteiger charge is -2.35. The number of hydrogen-bond acceptors (Lipinski definition) is 6. The Morgan fingerprint density at radius 1 is 1.23 bits per heavy atom. The van der Waals surface area contributed by atoms with Crippen LogP contribution in [0.25, 0.3) is 11.0 Å². The normalized spacial score (nSPS) is 19.2. The summed E-state index contributed by atoms with van der Waals surface area (Å²) in [5.41, 5.74) is 6.07. The average molecular weight is 491 g/mol. The van der Waals surface area contributed by atoms with Crippen molar-refractivity contribution in [1.29, 1.82) is 0 Å². The first-order valence-corrected chi connectivity index (χ1v) is 11.6. The van der Waals surface area contributed by atoms with Gasteiger partial charge in [-0.05, 0) is 43.7 Å². The van der Waals surface area contributed by atoms with Gasteiger partial charge in [-0.2, -0.15) is 13.2 Å². The fourth-order valence-electron chi connectivity index (χ4n) is 4.62. The molecule has 35 heavy (non-hydrogen) atoms. The monoisotopic (exact) mass is 490 g/mol. The quantitative estimate of drug-likeness (QED) is 0.504. The lowest BCUT2D eigenvalue weighted by Crippen LogP contribution is -2.47. The lowest BCUT2D eigenvalue weighted by atomic mass is 9.93. The van der Waals surface area contributed by atoms with Crippen LogP contribution >= 0.6 is 0 Å². The van der Waals surface area contributed by atoms with E-state index in [0.29, 0.717) is 38.5 Å². The number of anilines is 1. The number of nitrogens with two attached hydrogens (primary N) is 1. The fraction of sp³-hybridized carbons (Fsp3) is 0.458. The highest BCUT2D eigenvalue weighted by Crippen LogP contribution is 2.30. The summed E-state index contributed by atoms with van der Waals surface area (Å²) in [6.07, 6.45) is -0.835. The third kappa shape index (κ3) is 5.73. The highest BCUT2D eigenvalue weighted by atomic mass is 19.4. The number of hydrogen-bond donors (Lipinski definition) is 2. The van der Waals surface area contributed by atoms with Crippen molar-refractivity contribution in [2.24, 2.45) is 11.7 Å². The molecule has 0 spiro atoms. The molecule has 3 heterocycles. The van der Waals surface area contributed by atoms with Gasteiger partial charge in [0.05, 0.1) is 23.6 Å². The van der Waals surface area contributed by atoms with Crippen molar-refractivity contribution >= 4 is 22.8 Å². The van der Waals surface area contributed by atoms with Gasteiger partial charge in [-0.1, -0.05) is 12.1 Å². The third-order valence-electron chi connectivity index (χ3n) is 6.49. The molecule has 1 aliphatic rings. The number of benzene rings is 1. The topological polar surface area (TPSA) is 101 Å². The number of carbonyl (C=O) groups excluding carboxylic acids is 1. The van der Waals surface area contributed by atoms with Gasteiger partial charge >= 0.3 is 6.18 Å². The summed E-state index contributed by atoms with van der Waals surface area (Å²) < 4.78 is 40.6. The zero-order valence-corrected chi connectivity index (χ0v) is 19.4. The van der Waals surface area contributed by atoms with Crippen LogP contribution in [0.1, 0.15) is 24.5 Å². The molecule has 2 atom stereocenters. The van der Waals surface area contributed by atoms with Crippen LogP contribution < -0.4 is 10.6 Å². The second-order valence-electron chi connectivity index (χ2n) is 8.93. The maximum atomic E-state index is 12.9. The molecule has 2 aromatic heterocycles. The summed E-state index contributed by atoms with van der Waals surface area (Å²) in [6.45, 7) is 4.75. The van der Waals surface area contributed by atoms with Gasteiger partial charge in [-0.25, -0.2) is 9.97 Å². The SMILES string of the molecule is CCN(Cc1ccc(C(F)(F)F)cc1)c1ncnc2c1ccn2CC1CCN(CC(N)=O)C[C@@H]1O. The molecule has 1 saturated heterocycles. The minimum atomic E-state index is -4.36. The maximum absolute atomic E-state index is 12.9. The highest BCUT2D eigenvalue weighted by Gasteiger charge is 2.30. The molecule has 0 bridgehead atoms. The van der Waals surface area contributed by atoms with Gasteiger partial charge in [0, 0.05) is 38.3 Å². The standard InChI is InChI=1S/C24H29F3N6O2/c1-2-32(11-16-3-5-18(6-4-16)24(25,26)27)22-19-8-10-33(23(19)30-15-29-22)12-17-7-9-31(13-20(17)34)14-21(28)35/h3-6,8,10,15,17,20,34H,2,7,9,11-14H2,1H3,(H2,28,35)/t17?,20-/m0/s1. The number of aliphatic hydroxyl groups excluding tert-OH is 1. The zero-order valence-electron chi connectivity index (χ0n) is 19.4. The van der Waals surface area contributed by atoms with Crippen molar-refractivity contribution in [3.8, 4) is 0 Å². The molecule has 4 rings (SSSR count). The van der Waals surface area contributed by atoms with E-state index < -0.39 is 23.8 Å². The molecule has 1 unspecified atom stereocenters. The molecule has 1 aliphatic heterocycles. The second kappa shape index (κ2) is 10.2. The van der Waals surface area contributed by atoms with Crippen LogP contribution in [0.15, 0.2) is 42.9 Å². The number of β-amino-alcohol motifs (C(OH)–C–C–N with tert-alkyl or cyclic N) is 1. The summed E-state index contributed by atoms with van der Waals surface area (Å²) >= 11 is 0. The molecular formula is C24H29F3N6O2. The number of carbonyl (C=O) groups is 1. The number of likely N-dealkylation sites (tertiary alicyclic amines) is 1. The van der Waals surface area contributed by atoms with Crippen LogP contribution in [0.3, 0.4) is 0 Å². The number of nitrogens with zero attached hydrogens (tertiary/aromatic N) is 5. The molecule has 188 valence electrons. The first-order chi connectivity index (χ1) is 16.7. The summed E-state index contributed by atoms with van der Waals surface area (Å²) in [5.74, 6) is 0.295. The Kier molecular flexibility index (Phi) is 7.27. The minimum absolute atomic E-state index is 0.00238. The van der Waals surface area contributed by atoms with Gasteiger partial charge in [0.2, 0.25) is 5.91 Å². The van der Waals surface area contributed by atoms with Crippen LogP contribution in [0.5, 0.6) is 0 Å². The molecule has 0 radical (unpaired) electrons. The molecule has 1 fully saturated rings. The summed E-state index contributed by atoms with van der Waals surface area (Å²) in [5, 5.41) is 11.5. The van der Waals surface area contributed by atoms with Crippen LogP contribution in [-0.4, -0.2) is 62.7 Å². The smallest absolute Gasteiger partial charge is 0.391 e. The van der Waals surface area contributed by atoms with E-state index in [1.807, 2.05) is 33.6 Å². The van der Waals surface area contributed by atoms with E-state index in [1.165, 1.54) is 18.5 Å². The van der Waals surface area contributed by atoms with Crippen LogP contribution in [0.4, 0.5) is 19.0 Å². The van der Waals surface area contributed by atoms with Crippen molar-refractivity contribution in [2.75, 3.05) is 31.1 Å². The average Bonchev–Trinajstić information content (AvgIpc) is 3.21. The number of alkyl halides is 3. The second-order valence-corrected chi connectivity index (χ2v) is 8.93. The predicted octanol–water partition coefficient (Wildman–Crippen LogP) is 2.64. The number of aliphatic hydroxyl groups is 1. The van der Waals surface area contributed by atoms with Crippen LogP contribution in [0.2, 0.25) is 0 Å². The van der Waals surface area contributed by atoms with Crippen molar-refractivity contribution in [3.63, 3.8) is 0 Å². The molecule has 1 aromatic carbocycles. The van der Waals surface area contributed by atoms with Crippen LogP contribution in [0, 0.1) is 5.92 Å². The fourth-order valence-corrected chi connectivity index (χ4v) is 4.62. The number of primary amides is 1. The Hall–Kier alpha value is -3.18. The minimum Gasteiger partial charge on any atom is -0.391 e. The molecule has 8 nitrogen and oxygen atoms in total. The third-order valence-corrected chi connectivity index (χ3v) is 6.49. The molecule has 11 heteroatoms. The van der Waals surface area contributed by atoms with E-state index in [1.54, 1.807) is 0 Å². The number of piperidine rings is 1. The van der Waals surface area contributed by atoms with E-state index in [-0.39, 0.29) is 12.5 Å². The highest BCUT2D eigenvalue weighted by molar-refractivity contribution is 5.87. The molecule has 0 aliphatic carbocycles. The number of amides is 1. The molecule has 0 saturated carbocycles. The Balaban J connectivity index is 1.50. The predicted molar refractivity (Wildman–Crippen MR) is 125 cm³/mol. The summed E-state index contributed by atoms with van der Waals surface area (Å²) in [6, 6.07) is 7.08. The van der Waals surface area contributed by atoms with Gasteiger partial charge in [0.1, 0.15) is 17.8 Å². The number of fused-ring (bicyclic) bond motifs is 1. The largest absolute Gasteiger partial charge is 0.416 e. The van der Waals surface area contributed by atoms with Crippen molar-refractivity contribution in [1.82, 2.24) is 19.4 Å². The lowest BCUT2D eigenvalue weighted by molar-refractivity contribution is -0.137. The van der Waals surface area contributed by atoms with E-state index in [9.17, 15) is 23.1 Å². The zero-order chi connectivity index (χ0) is 25.2. The van der Waals surface area contributed by atoms with E-state index in [2.05, 4.69) is 9.97 Å². The maximum Gasteiger partial charge on any atom is 0.416 e. The Morgan fingerprint density at radius 2 is 1.97 bits per heavy atom. The Labute approximate surface area is 201 Å². The molecular weight excluding hydrogens is 461 g/mol. The van der Waals surface area contributed by atoms with Crippen molar-refractivity contribution in [2.45, 2.75) is 38.7 Å². The number of aromatic nitrogens is 3. The van der Waals surface area contributed by atoms with E-state index in [4.69, 9.17) is 5.73 Å². The molecule has 3 aromatic rings. The molecule has 1 amide bonds. The molecule has 3 N–H and O–H groups in total. The van der Waals surface area contributed by atoms with E-state index >= 15 is 0 Å². The number of rotatable bonds is 8. The van der Waals surface area contributed by atoms with E-state index in [0.717, 1.165) is 35.2 Å². The Bertz CT molecular complexity index is 1160. The van der Waals surface area contributed by atoms with Crippen molar-refractivity contribution < 1.29 is 23.1 Å². The number of halogens is 3. The summed E-state index contributed by atoms with van der Waals surface area (Å²) in [4.78, 5) is 23.9. The Morgan fingerprint density at radius 3 is 2.60 bits per heavy atom. The van der Waals surface area contributed by atoms with Gasteiger partial charge in [-0.15, -0.1) is 0 Å². The van der Waals surface area contributed by atoms with Gasteiger partial charge in [0.25, 0.3) is 0 Å².